The van der Waals surface area contributed by atoms with Crippen LogP contribution in [0, 0.1) is 5.41 Å². The third-order valence-electron chi connectivity index (χ3n) is 3.45. The molecule has 0 aromatic carbocycles. The molecule has 18 heavy (non-hydrogen) atoms. The number of nitrogens with two attached hydrogens (primary N) is 1. The average Bonchev–Trinajstić information content (AvgIpc) is 2.37. The topological polar surface area (TPSA) is 87.8 Å². The molecule has 1 fully saturated rings. The molecule has 0 aromatic heterocycles. The van der Waals surface area contributed by atoms with E-state index in [1.165, 1.54) is 0 Å². The minimum Gasteiger partial charge on any atom is -0.386 e. The fourth-order valence-corrected chi connectivity index (χ4v) is 2.47. The summed E-state index contributed by atoms with van der Waals surface area (Å²) in [4.78, 5) is 27.8. The van der Waals surface area contributed by atoms with Crippen molar-refractivity contribution < 1.29 is 9.59 Å². The van der Waals surface area contributed by atoms with Crippen molar-refractivity contribution >= 4 is 18.2 Å². The summed E-state index contributed by atoms with van der Waals surface area (Å²) in [7, 11) is 1.79. The van der Waals surface area contributed by atoms with E-state index in [0.717, 1.165) is 12.8 Å². The molecule has 1 unspecified atom stereocenters. The second-order valence-electron chi connectivity index (χ2n) is 5.30. The normalized spacial score (nSPS) is 24.8. The first-order chi connectivity index (χ1) is 8.42. The van der Waals surface area contributed by atoms with Crippen molar-refractivity contribution in [1.82, 2.24) is 10.2 Å². The second-order valence-corrected chi connectivity index (χ2v) is 5.30. The SMILES string of the molecule is CNC1C(=O)N(CC(N)=NC=O)CCCC1(C)C. The number of amidine groups is 1. The number of hydrogen-bond donors (Lipinski definition) is 2. The minimum absolute atomic E-state index is 0.0176. The first kappa shape index (κ1) is 14.6. The van der Waals surface area contributed by atoms with Gasteiger partial charge in [0.2, 0.25) is 12.3 Å². The van der Waals surface area contributed by atoms with E-state index in [0.29, 0.717) is 13.0 Å². The summed E-state index contributed by atoms with van der Waals surface area (Å²) in [6.45, 7) is 5.03. The number of amides is 2. The Morgan fingerprint density at radius 2 is 2.33 bits per heavy atom. The first-order valence-electron chi connectivity index (χ1n) is 6.14. The predicted molar refractivity (Wildman–Crippen MR) is 70.1 cm³/mol. The van der Waals surface area contributed by atoms with Gasteiger partial charge in [0.25, 0.3) is 0 Å². The molecule has 6 heteroatoms. The maximum absolute atomic E-state index is 12.4. The molecular formula is C12H22N4O2. The maximum atomic E-state index is 12.4. The lowest BCUT2D eigenvalue weighted by molar-refractivity contribution is -0.134. The van der Waals surface area contributed by atoms with Crippen LogP contribution in [-0.4, -0.2) is 49.2 Å². The van der Waals surface area contributed by atoms with E-state index < -0.39 is 0 Å². The van der Waals surface area contributed by atoms with Crippen LogP contribution in [-0.2, 0) is 9.59 Å². The van der Waals surface area contributed by atoms with Gasteiger partial charge in [0.15, 0.2) is 0 Å². The van der Waals surface area contributed by atoms with Crippen LogP contribution < -0.4 is 11.1 Å². The van der Waals surface area contributed by atoms with Crippen LogP contribution in [0.2, 0.25) is 0 Å². The summed E-state index contributed by atoms with van der Waals surface area (Å²) in [6.07, 6.45) is 2.29. The summed E-state index contributed by atoms with van der Waals surface area (Å²) in [5.41, 5.74) is 5.50. The highest BCUT2D eigenvalue weighted by molar-refractivity contribution is 5.92. The molecule has 102 valence electrons. The van der Waals surface area contributed by atoms with Crippen molar-refractivity contribution in [3.8, 4) is 0 Å². The van der Waals surface area contributed by atoms with Gasteiger partial charge in [0, 0.05) is 6.54 Å². The highest BCUT2D eigenvalue weighted by Gasteiger charge is 2.38. The van der Waals surface area contributed by atoms with E-state index in [-0.39, 0.29) is 29.7 Å². The van der Waals surface area contributed by atoms with Gasteiger partial charge in [-0.15, -0.1) is 0 Å². The molecule has 1 aliphatic heterocycles. The molecule has 3 N–H and O–H groups in total. The number of nitrogens with zero attached hydrogens (tertiary/aromatic N) is 2. The van der Waals surface area contributed by atoms with Gasteiger partial charge in [-0.2, -0.15) is 0 Å². The largest absolute Gasteiger partial charge is 0.386 e. The quantitative estimate of drug-likeness (QED) is 0.411. The standard InChI is InChI=1S/C12H22N4O2/c1-12(2)5-4-6-16(7-9(13)15-8-17)11(18)10(12)14-3/h8,10,14H,4-7H2,1-3H3,(H2,13,15,17). The van der Waals surface area contributed by atoms with Crippen molar-refractivity contribution in [2.24, 2.45) is 16.1 Å². The van der Waals surface area contributed by atoms with Gasteiger partial charge in [-0.1, -0.05) is 13.8 Å². The number of aliphatic imine (C=N–C) groups is 1. The van der Waals surface area contributed by atoms with Crippen molar-refractivity contribution in [2.45, 2.75) is 32.7 Å². The Balaban J connectivity index is 2.85. The number of likely N-dealkylation sites (N-methyl/N-ethyl adjacent to an activating group) is 1. The number of rotatable bonds is 4. The van der Waals surface area contributed by atoms with Gasteiger partial charge in [-0.3, -0.25) is 9.59 Å². The van der Waals surface area contributed by atoms with E-state index >= 15 is 0 Å². The van der Waals surface area contributed by atoms with Crippen molar-refractivity contribution in [3.05, 3.63) is 0 Å². The molecule has 1 saturated heterocycles. The van der Waals surface area contributed by atoms with Gasteiger partial charge >= 0.3 is 0 Å². The van der Waals surface area contributed by atoms with Crippen molar-refractivity contribution in [1.29, 1.82) is 0 Å². The van der Waals surface area contributed by atoms with Crippen LogP contribution >= 0.6 is 0 Å². The van der Waals surface area contributed by atoms with E-state index in [2.05, 4.69) is 24.2 Å². The molecular weight excluding hydrogens is 232 g/mol. The molecule has 0 aromatic rings. The van der Waals surface area contributed by atoms with Crippen LogP contribution in [0.25, 0.3) is 0 Å². The van der Waals surface area contributed by atoms with Gasteiger partial charge in [0.1, 0.15) is 5.84 Å². The smallest absolute Gasteiger partial charge is 0.240 e. The number of hydrogen-bond acceptors (Lipinski definition) is 3. The van der Waals surface area contributed by atoms with Gasteiger partial charge in [-0.05, 0) is 25.3 Å². The number of likely N-dealkylation sites (tertiary alicyclic amines) is 1. The Morgan fingerprint density at radius 3 is 2.89 bits per heavy atom. The van der Waals surface area contributed by atoms with Crippen LogP contribution in [0.15, 0.2) is 4.99 Å². The lowest BCUT2D eigenvalue weighted by Gasteiger charge is -2.32. The molecule has 1 atom stereocenters. The highest BCUT2D eigenvalue weighted by Crippen LogP contribution is 2.30. The fourth-order valence-electron chi connectivity index (χ4n) is 2.47. The summed E-state index contributed by atoms with van der Waals surface area (Å²) >= 11 is 0. The fraction of sp³-hybridized carbons (Fsp3) is 0.750. The lowest BCUT2D eigenvalue weighted by Crippen LogP contribution is -2.52. The van der Waals surface area contributed by atoms with E-state index in [9.17, 15) is 9.59 Å². The van der Waals surface area contributed by atoms with E-state index in [1.54, 1.807) is 11.9 Å². The van der Waals surface area contributed by atoms with Crippen LogP contribution in [0.5, 0.6) is 0 Å². The van der Waals surface area contributed by atoms with Crippen LogP contribution in [0.3, 0.4) is 0 Å². The maximum Gasteiger partial charge on any atom is 0.240 e. The Morgan fingerprint density at radius 1 is 1.67 bits per heavy atom. The minimum atomic E-state index is -0.232. The Labute approximate surface area is 108 Å². The summed E-state index contributed by atoms with van der Waals surface area (Å²) in [5.74, 6) is 0.192. The van der Waals surface area contributed by atoms with Crippen LogP contribution in [0.4, 0.5) is 0 Å². The Bertz CT molecular complexity index is 352. The molecule has 0 radical (unpaired) electrons. The van der Waals surface area contributed by atoms with Crippen molar-refractivity contribution in [3.63, 3.8) is 0 Å². The summed E-state index contributed by atoms with van der Waals surface area (Å²) in [5, 5.41) is 3.08. The zero-order valence-corrected chi connectivity index (χ0v) is 11.3. The van der Waals surface area contributed by atoms with Crippen LogP contribution in [0.1, 0.15) is 26.7 Å². The highest BCUT2D eigenvalue weighted by atomic mass is 16.2. The third kappa shape index (κ3) is 3.29. The second kappa shape index (κ2) is 5.95. The molecule has 1 rings (SSSR count). The summed E-state index contributed by atoms with van der Waals surface area (Å²) in [6, 6.07) is -0.232. The van der Waals surface area contributed by atoms with Gasteiger partial charge < -0.3 is 16.0 Å². The van der Waals surface area contributed by atoms with E-state index in [4.69, 9.17) is 5.73 Å². The molecule has 2 amide bonds. The summed E-state index contributed by atoms with van der Waals surface area (Å²) < 4.78 is 0. The van der Waals surface area contributed by atoms with Crippen molar-refractivity contribution in [2.75, 3.05) is 20.1 Å². The van der Waals surface area contributed by atoms with E-state index in [1.807, 2.05) is 0 Å². The molecule has 1 heterocycles. The molecule has 0 bridgehead atoms. The number of carbonyl (C=O) groups excluding carboxylic acids is 2. The molecule has 0 spiro atoms. The zero-order chi connectivity index (χ0) is 13.8. The average molecular weight is 254 g/mol. The molecule has 1 aliphatic rings. The lowest BCUT2D eigenvalue weighted by atomic mass is 9.80. The Kier molecular flexibility index (Phi) is 4.84. The molecule has 0 saturated carbocycles. The first-order valence-corrected chi connectivity index (χ1v) is 6.14. The van der Waals surface area contributed by atoms with Gasteiger partial charge in [0.05, 0.1) is 12.6 Å². The number of nitrogens with one attached hydrogen (secondary N) is 1. The monoisotopic (exact) mass is 254 g/mol. The van der Waals surface area contributed by atoms with Gasteiger partial charge in [-0.25, -0.2) is 4.99 Å². The zero-order valence-electron chi connectivity index (χ0n) is 11.3. The predicted octanol–water partition coefficient (Wildman–Crippen LogP) is -0.263. The molecule has 6 nitrogen and oxygen atoms in total. The number of carbonyl (C=O) groups is 2. The third-order valence-corrected chi connectivity index (χ3v) is 3.45. The molecule has 0 aliphatic carbocycles. The Hall–Kier alpha value is -1.43.